The number of nitrogens with zero attached hydrogens (tertiary/aromatic N) is 2. The van der Waals surface area contributed by atoms with Crippen molar-refractivity contribution in [1.29, 1.82) is 0 Å². The summed E-state index contributed by atoms with van der Waals surface area (Å²) < 4.78 is 5.27. The van der Waals surface area contributed by atoms with Crippen LogP contribution >= 0.6 is 0 Å². The Morgan fingerprint density at radius 1 is 1.14 bits per heavy atom. The van der Waals surface area contributed by atoms with Gasteiger partial charge in [0, 0.05) is 36.0 Å². The number of para-hydroxylation sites is 2. The number of likely N-dealkylation sites (tertiary alicyclic amines) is 1. The summed E-state index contributed by atoms with van der Waals surface area (Å²) in [5.41, 5.74) is 3.55. The third-order valence-electron chi connectivity index (χ3n) is 5.56. The van der Waals surface area contributed by atoms with E-state index in [1.54, 1.807) is 7.11 Å². The Balaban J connectivity index is 1.39. The summed E-state index contributed by atoms with van der Waals surface area (Å²) in [6, 6.07) is 15.8. The van der Waals surface area contributed by atoms with Gasteiger partial charge in [-0.2, -0.15) is 0 Å². The molecule has 28 heavy (non-hydrogen) atoms. The number of piperidine rings is 1. The molecule has 3 heterocycles. The van der Waals surface area contributed by atoms with Gasteiger partial charge in [-0.25, -0.2) is 4.98 Å². The molecule has 142 valence electrons. The molecule has 1 saturated heterocycles. The molecule has 1 amide bonds. The number of ether oxygens (including phenoxy) is 1. The summed E-state index contributed by atoms with van der Waals surface area (Å²) >= 11 is 0. The van der Waals surface area contributed by atoms with E-state index in [-0.39, 0.29) is 11.8 Å². The van der Waals surface area contributed by atoms with Gasteiger partial charge < -0.3 is 19.6 Å². The zero-order valence-corrected chi connectivity index (χ0v) is 15.7. The van der Waals surface area contributed by atoms with Crippen LogP contribution in [0.5, 0.6) is 5.75 Å². The number of methoxy groups -OCH3 is 1. The van der Waals surface area contributed by atoms with Gasteiger partial charge in [-0.1, -0.05) is 12.1 Å². The molecule has 0 radical (unpaired) electrons. The lowest BCUT2D eigenvalue weighted by atomic mass is 9.97. The second kappa shape index (κ2) is 6.71. The monoisotopic (exact) mass is 374 g/mol. The van der Waals surface area contributed by atoms with E-state index in [4.69, 9.17) is 9.72 Å². The number of carbonyl (C=O) groups is 1. The number of hydrogen-bond donors (Lipinski definition) is 2. The van der Waals surface area contributed by atoms with Gasteiger partial charge in [0.15, 0.2) is 0 Å². The standard InChI is InChI=1S/C22H22N4O2/c1-28-16-9-8-14-11-20(23-19(14)12-16)22(27)26-10-4-5-15(13-26)21-24-17-6-2-3-7-18(17)25-21/h2-3,6-9,11-12,15,23H,4-5,10,13H2,1H3,(H,24,25). The maximum absolute atomic E-state index is 13.1. The van der Waals surface area contributed by atoms with Crippen molar-refractivity contribution in [3.05, 3.63) is 60.0 Å². The maximum Gasteiger partial charge on any atom is 0.270 e. The molecule has 1 fully saturated rings. The summed E-state index contributed by atoms with van der Waals surface area (Å²) in [6.45, 7) is 1.45. The fourth-order valence-electron chi connectivity index (χ4n) is 4.07. The average molecular weight is 374 g/mol. The second-order valence-electron chi connectivity index (χ2n) is 7.37. The van der Waals surface area contributed by atoms with Crippen LogP contribution in [-0.2, 0) is 0 Å². The minimum Gasteiger partial charge on any atom is -0.497 e. The summed E-state index contributed by atoms with van der Waals surface area (Å²) in [7, 11) is 1.64. The first-order valence-corrected chi connectivity index (χ1v) is 9.62. The van der Waals surface area contributed by atoms with Gasteiger partial charge in [-0.05, 0) is 43.2 Å². The molecule has 0 spiro atoms. The van der Waals surface area contributed by atoms with Crippen molar-refractivity contribution in [2.75, 3.05) is 20.2 Å². The van der Waals surface area contributed by atoms with Gasteiger partial charge in [-0.15, -0.1) is 0 Å². The summed E-state index contributed by atoms with van der Waals surface area (Å²) in [5.74, 6) is 2.02. The number of fused-ring (bicyclic) bond motifs is 2. The molecule has 6 heteroatoms. The highest BCUT2D eigenvalue weighted by Gasteiger charge is 2.28. The minimum atomic E-state index is 0.0379. The lowest BCUT2D eigenvalue weighted by Gasteiger charge is -2.31. The summed E-state index contributed by atoms with van der Waals surface area (Å²) in [5, 5.41) is 1.01. The zero-order chi connectivity index (χ0) is 19.1. The van der Waals surface area contributed by atoms with E-state index >= 15 is 0 Å². The number of aromatic nitrogens is 3. The second-order valence-corrected chi connectivity index (χ2v) is 7.37. The Labute approximate surface area is 162 Å². The van der Waals surface area contributed by atoms with E-state index in [1.807, 2.05) is 53.4 Å². The fraction of sp³-hybridized carbons (Fsp3) is 0.273. The zero-order valence-electron chi connectivity index (χ0n) is 15.7. The van der Waals surface area contributed by atoms with Gasteiger partial charge in [-0.3, -0.25) is 4.79 Å². The van der Waals surface area contributed by atoms with E-state index in [2.05, 4.69) is 9.97 Å². The Kier molecular flexibility index (Phi) is 4.04. The summed E-state index contributed by atoms with van der Waals surface area (Å²) in [4.78, 5) is 26.5. The molecule has 1 aliphatic rings. The van der Waals surface area contributed by atoms with Gasteiger partial charge in [0.05, 0.1) is 18.1 Å². The first kappa shape index (κ1) is 16.9. The predicted octanol–water partition coefficient (Wildman–Crippen LogP) is 4.07. The molecule has 1 unspecified atom stereocenters. The molecule has 1 aliphatic heterocycles. The number of hydrogen-bond acceptors (Lipinski definition) is 3. The smallest absolute Gasteiger partial charge is 0.270 e. The molecule has 0 aliphatic carbocycles. The van der Waals surface area contributed by atoms with Crippen molar-refractivity contribution in [1.82, 2.24) is 19.9 Å². The largest absolute Gasteiger partial charge is 0.497 e. The van der Waals surface area contributed by atoms with Crippen LogP contribution in [0.2, 0.25) is 0 Å². The van der Waals surface area contributed by atoms with Crippen molar-refractivity contribution in [3.63, 3.8) is 0 Å². The molecule has 0 saturated carbocycles. The third-order valence-corrected chi connectivity index (χ3v) is 5.56. The number of nitrogens with one attached hydrogen (secondary N) is 2. The van der Waals surface area contributed by atoms with Crippen molar-refractivity contribution in [2.24, 2.45) is 0 Å². The van der Waals surface area contributed by atoms with Crippen LogP contribution in [0.3, 0.4) is 0 Å². The molecule has 6 nitrogen and oxygen atoms in total. The number of aromatic amines is 2. The van der Waals surface area contributed by atoms with E-state index in [0.29, 0.717) is 12.2 Å². The van der Waals surface area contributed by atoms with Crippen molar-refractivity contribution >= 4 is 27.8 Å². The summed E-state index contributed by atoms with van der Waals surface area (Å²) in [6.07, 6.45) is 2.01. The highest BCUT2D eigenvalue weighted by molar-refractivity contribution is 5.98. The molecule has 1 atom stereocenters. The van der Waals surface area contributed by atoms with Crippen LogP contribution in [0.1, 0.15) is 35.1 Å². The normalized spacial score (nSPS) is 17.3. The molecular weight excluding hydrogens is 352 g/mol. The van der Waals surface area contributed by atoms with Crippen LogP contribution in [-0.4, -0.2) is 46.0 Å². The van der Waals surface area contributed by atoms with E-state index in [1.165, 1.54) is 0 Å². The SMILES string of the molecule is COc1ccc2cc(C(=O)N3CCCC(c4nc5ccccc5[nH]4)C3)[nH]c2c1. The average Bonchev–Trinajstić information content (AvgIpc) is 3.36. The van der Waals surface area contributed by atoms with E-state index in [9.17, 15) is 4.79 Å². The molecule has 4 aromatic rings. The topological polar surface area (TPSA) is 74.0 Å². The number of rotatable bonds is 3. The molecule has 2 aromatic carbocycles. The van der Waals surface area contributed by atoms with E-state index in [0.717, 1.165) is 52.9 Å². The van der Waals surface area contributed by atoms with Gasteiger partial charge >= 0.3 is 0 Å². The first-order valence-electron chi connectivity index (χ1n) is 9.62. The van der Waals surface area contributed by atoms with Crippen molar-refractivity contribution in [3.8, 4) is 5.75 Å². The highest BCUT2D eigenvalue weighted by atomic mass is 16.5. The molecular formula is C22H22N4O2. The van der Waals surface area contributed by atoms with Crippen molar-refractivity contribution < 1.29 is 9.53 Å². The predicted molar refractivity (Wildman–Crippen MR) is 109 cm³/mol. The van der Waals surface area contributed by atoms with Crippen LogP contribution in [0.25, 0.3) is 21.9 Å². The Hall–Kier alpha value is -3.28. The molecule has 5 rings (SSSR count). The number of benzene rings is 2. The molecule has 0 bridgehead atoms. The lowest BCUT2D eigenvalue weighted by Crippen LogP contribution is -2.39. The first-order chi connectivity index (χ1) is 13.7. The van der Waals surface area contributed by atoms with Gasteiger partial charge in [0.25, 0.3) is 5.91 Å². The molecule has 2 N–H and O–H groups in total. The molecule has 2 aromatic heterocycles. The van der Waals surface area contributed by atoms with Crippen LogP contribution in [0.4, 0.5) is 0 Å². The van der Waals surface area contributed by atoms with Crippen LogP contribution in [0, 0.1) is 0 Å². The van der Waals surface area contributed by atoms with Crippen LogP contribution < -0.4 is 4.74 Å². The Morgan fingerprint density at radius 2 is 2.04 bits per heavy atom. The number of carbonyl (C=O) groups excluding carboxylic acids is 1. The lowest BCUT2D eigenvalue weighted by molar-refractivity contribution is 0.0700. The Morgan fingerprint density at radius 3 is 2.89 bits per heavy atom. The maximum atomic E-state index is 13.1. The van der Waals surface area contributed by atoms with Crippen LogP contribution in [0.15, 0.2) is 48.5 Å². The Bertz CT molecular complexity index is 1130. The minimum absolute atomic E-state index is 0.0379. The number of H-pyrrole nitrogens is 2. The quantitative estimate of drug-likeness (QED) is 0.568. The number of amides is 1. The van der Waals surface area contributed by atoms with Gasteiger partial charge in [0.2, 0.25) is 0 Å². The van der Waals surface area contributed by atoms with E-state index < -0.39 is 0 Å². The van der Waals surface area contributed by atoms with Crippen molar-refractivity contribution in [2.45, 2.75) is 18.8 Å². The fourth-order valence-corrected chi connectivity index (χ4v) is 4.07. The third kappa shape index (κ3) is 2.91. The number of imidazole rings is 1. The highest BCUT2D eigenvalue weighted by Crippen LogP contribution is 2.28. The van der Waals surface area contributed by atoms with Gasteiger partial charge in [0.1, 0.15) is 17.3 Å².